The standard InChI is InChI=1S/C21H21FN2O4/c1-3-27-21(26)15-9-24(12-4-5-12)17-14(19(15)25)7-16(22)18-20(17)28-10-13-6-11(2)8-23(13)18/h7,9,12-13H,2-6,8,10H2,1H3/t13-/m0/s1. The third-order valence-corrected chi connectivity index (χ3v) is 5.70. The molecule has 5 rings (SSSR count). The minimum Gasteiger partial charge on any atom is -0.487 e. The Morgan fingerprint density at radius 1 is 1.39 bits per heavy atom. The number of carbonyl (C=O) groups excluding carboxylic acids is 1. The van der Waals surface area contributed by atoms with Crippen LogP contribution in [-0.4, -0.2) is 36.3 Å². The van der Waals surface area contributed by atoms with E-state index in [1.54, 1.807) is 13.1 Å². The number of benzene rings is 1. The number of nitrogens with zero attached hydrogens (tertiary/aromatic N) is 2. The third kappa shape index (κ3) is 2.45. The summed E-state index contributed by atoms with van der Waals surface area (Å²) in [6.45, 7) is 6.89. The van der Waals surface area contributed by atoms with Crippen molar-refractivity contribution >= 4 is 22.6 Å². The second-order valence-corrected chi connectivity index (χ2v) is 7.71. The number of aromatic nitrogens is 1. The molecule has 1 saturated carbocycles. The predicted octanol–water partition coefficient (Wildman–Crippen LogP) is 3.18. The fraction of sp³-hybridized carbons (Fsp3) is 0.429. The van der Waals surface area contributed by atoms with Gasteiger partial charge in [0, 0.05) is 18.8 Å². The first-order valence-corrected chi connectivity index (χ1v) is 9.64. The van der Waals surface area contributed by atoms with Gasteiger partial charge in [-0.3, -0.25) is 4.79 Å². The maximum absolute atomic E-state index is 15.2. The number of esters is 1. The van der Waals surface area contributed by atoms with Crippen LogP contribution < -0.4 is 15.1 Å². The van der Waals surface area contributed by atoms with Crippen molar-refractivity contribution in [1.29, 1.82) is 0 Å². The van der Waals surface area contributed by atoms with Crippen molar-refractivity contribution in [1.82, 2.24) is 4.57 Å². The summed E-state index contributed by atoms with van der Waals surface area (Å²) >= 11 is 0. The third-order valence-electron chi connectivity index (χ3n) is 5.70. The molecule has 0 N–H and O–H groups in total. The smallest absolute Gasteiger partial charge is 0.343 e. The van der Waals surface area contributed by atoms with Crippen LogP contribution in [0.15, 0.2) is 29.2 Å². The lowest BCUT2D eigenvalue weighted by atomic mass is 10.1. The van der Waals surface area contributed by atoms with E-state index in [4.69, 9.17) is 9.47 Å². The summed E-state index contributed by atoms with van der Waals surface area (Å²) in [7, 11) is 0. The number of fused-ring (bicyclic) bond motifs is 5. The second kappa shape index (κ2) is 6.09. The molecule has 1 saturated heterocycles. The molecule has 2 aromatic rings. The molecule has 1 atom stereocenters. The highest BCUT2D eigenvalue weighted by Gasteiger charge is 2.38. The number of halogens is 1. The first-order valence-electron chi connectivity index (χ1n) is 9.64. The number of hydrogen-bond donors (Lipinski definition) is 0. The minimum atomic E-state index is -0.682. The summed E-state index contributed by atoms with van der Waals surface area (Å²) < 4.78 is 28.1. The van der Waals surface area contributed by atoms with Gasteiger partial charge in [0.2, 0.25) is 5.43 Å². The Balaban J connectivity index is 1.80. The maximum Gasteiger partial charge on any atom is 0.343 e. The van der Waals surface area contributed by atoms with E-state index in [1.807, 2.05) is 9.47 Å². The van der Waals surface area contributed by atoms with Crippen molar-refractivity contribution < 1.29 is 18.7 Å². The molecule has 1 aromatic heterocycles. The van der Waals surface area contributed by atoms with Gasteiger partial charge in [-0.1, -0.05) is 12.2 Å². The quantitative estimate of drug-likeness (QED) is 0.601. The van der Waals surface area contributed by atoms with Crippen LogP contribution in [0.4, 0.5) is 10.1 Å². The number of hydrogen-bond acceptors (Lipinski definition) is 5. The molecule has 3 heterocycles. The predicted molar refractivity (Wildman–Crippen MR) is 103 cm³/mol. The Labute approximate surface area is 161 Å². The van der Waals surface area contributed by atoms with Crippen LogP contribution in [0.5, 0.6) is 5.75 Å². The van der Waals surface area contributed by atoms with Crippen molar-refractivity contribution in [2.45, 2.75) is 38.3 Å². The van der Waals surface area contributed by atoms with Crippen LogP contribution in [-0.2, 0) is 4.74 Å². The highest BCUT2D eigenvalue weighted by molar-refractivity contribution is 5.98. The van der Waals surface area contributed by atoms with E-state index < -0.39 is 17.2 Å². The SMILES string of the molecule is C=C1C[C@H]2COc3c(c(F)cc4c(=O)c(C(=O)OCC)cn(C5CC5)c34)N2C1. The Bertz CT molecular complexity index is 1090. The summed E-state index contributed by atoms with van der Waals surface area (Å²) in [5.74, 6) is -0.804. The lowest BCUT2D eigenvalue weighted by molar-refractivity contribution is 0.0524. The van der Waals surface area contributed by atoms with Crippen molar-refractivity contribution in [2.24, 2.45) is 0 Å². The Morgan fingerprint density at radius 2 is 2.18 bits per heavy atom. The van der Waals surface area contributed by atoms with Gasteiger partial charge < -0.3 is 18.9 Å². The number of rotatable bonds is 3. The topological polar surface area (TPSA) is 60.8 Å². The summed E-state index contributed by atoms with van der Waals surface area (Å²) in [4.78, 5) is 27.3. The normalized spacial score (nSPS) is 20.7. The number of carbonyl (C=O) groups is 1. The van der Waals surface area contributed by atoms with Gasteiger partial charge in [-0.15, -0.1) is 0 Å². The highest BCUT2D eigenvalue weighted by atomic mass is 19.1. The molecule has 2 aliphatic heterocycles. The molecule has 6 nitrogen and oxygen atoms in total. The molecule has 1 aliphatic carbocycles. The molecule has 1 aromatic carbocycles. The van der Waals surface area contributed by atoms with Crippen LogP contribution >= 0.6 is 0 Å². The van der Waals surface area contributed by atoms with E-state index in [1.165, 1.54) is 6.07 Å². The van der Waals surface area contributed by atoms with Gasteiger partial charge in [0.05, 0.1) is 23.6 Å². The molecule has 0 amide bonds. The van der Waals surface area contributed by atoms with E-state index in [-0.39, 0.29) is 29.6 Å². The molecule has 0 spiro atoms. The molecule has 146 valence electrons. The summed E-state index contributed by atoms with van der Waals surface area (Å²) in [6, 6.07) is 1.47. The van der Waals surface area contributed by atoms with Crippen molar-refractivity contribution in [3.63, 3.8) is 0 Å². The van der Waals surface area contributed by atoms with Gasteiger partial charge in [0.1, 0.15) is 17.9 Å². The minimum absolute atomic E-state index is 0.0619. The summed E-state index contributed by atoms with van der Waals surface area (Å²) in [5, 5.41) is 0.158. The van der Waals surface area contributed by atoms with Gasteiger partial charge in [-0.05, 0) is 32.3 Å². The fourth-order valence-electron chi connectivity index (χ4n) is 4.31. The van der Waals surface area contributed by atoms with Crippen LogP contribution in [0.2, 0.25) is 0 Å². The first-order chi connectivity index (χ1) is 13.5. The maximum atomic E-state index is 15.2. The van der Waals surface area contributed by atoms with Crippen LogP contribution in [0, 0.1) is 5.82 Å². The fourth-order valence-corrected chi connectivity index (χ4v) is 4.31. The molecular weight excluding hydrogens is 363 g/mol. The number of anilines is 1. The first kappa shape index (κ1) is 17.3. The van der Waals surface area contributed by atoms with Gasteiger partial charge in [-0.25, -0.2) is 9.18 Å². The molecule has 0 bridgehead atoms. The van der Waals surface area contributed by atoms with E-state index in [0.717, 1.165) is 24.8 Å². The number of pyridine rings is 1. The molecular formula is C21H21FN2O4. The van der Waals surface area contributed by atoms with E-state index in [2.05, 4.69) is 6.58 Å². The number of ether oxygens (including phenoxy) is 2. The second-order valence-electron chi connectivity index (χ2n) is 7.71. The van der Waals surface area contributed by atoms with Crippen LogP contribution in [0.1, 0.15) is 42.6 Å². The van der Waals surface area contributed by atoms with E-state index in [9.17, 15) is 9.59 Å². The lowest BCUT2D eigenvalue weighted by Crippen LogP contribution is -2.39. The largest absolute Gasteiger partial charge is 0.487 e. The Kier molecular flexibility index (Phi) is 3.76. The lowest BCUT2D eigenvalue weighted by Gasteiger charge is -2.34. The average Bonchev–Trinajstić information content (AvgIpc) is 3.43. The molecule has 2 fully saturated rings. The molecule has 7 heteroatoms. The van der Waals surface area contributed by atoms with Gasteiger partial charge >= 0.3 is 5.97 Å². The zero-order valence-corrected chi connectivity index (χ0v) is 15.7. The van der Waals surface area contributed by atoms with Crippen molar-refractivity contribution in [3.05, 3.63) is 46.0 Å². The van der Waals surface area contributed by atoms with Gasteiger partial charge in [-0.2, -0.15) is 0 Å². The van der Waals surface area contributed by atoms with Crippen molar-refractivity contribution in [3.8, 4) is 5.75 Å². The van der Waals surface area contributed by atoms with Gasteiger partial charge in [0.15, 0.2) is 11.6 Å². The highest BCUT2D eigenvalue weighted by Crippen LogP contribution is 2.47. The molecule has 28 heavy (non-hydrogen) atoms. The average molecular weight is 384 g/mol. The van der Waals surface area contributed by atoms with E-state index in [0.29, 0.717) is 30.1 Å². The van der Waals surface area contributed by atoms with Gasteiger partial charge in [0.25, 0.3) is 0 Å². The zero-order chi connectivity index (χ0) is 19.6. The van der Waals surface area contributed by atoms with Crippen LogP contribution in [0.25, 0.3) is 10.9 Å². The van der Waals surface area contributed by atoms with Crippen LogP contribution in [0.3, 0.4) is 0 Å². The Hall–Kier alpha value is -2.83. The zero-order valence-electron chi connectivity index (χ0n) is 15.7. The summed E-state index contributed by atoms with van der Waals surface area (Å²) in [6.07, 6.45) is 4.20. The van der Waals surface area contributed by atoms with E-state index >= 15 is 4.39 Å². The molecule has 0 unspecified atom stereocenters. The summed E-state index contributed by atoms with van der Waals surface area (Å²) in [5.41, 5.74) is 1.40. The molecule has 3 aliphatic rings. The Morgan fingerprint density at radius 3 is 2.89 bits per heavy atom. The monoisotopic (exact) mass is 384 g/mol. The molecule has 0 radical (unpaired) electrons. The van der Waals surface area contributed by atoms with Crippen molar-refractivity contribution in [2.75, 3.05) is 24.7 Å².